The second-order valence-corrected chi connectivity index (χ2v) is 5.30. The maximum atomic E-state index is 5.22. The molecular weight excluding hydrogens is 280 g/mol. The Labute approximate surface area is 128 Å². The van der Waals surface area contributed by atoms with Gasteiger partial charge in [0.25, 0.3) is 0 Å². The molecule has 3 aromatic rings. The molecule has 4 heteroatoms. The molecule has 0 unspecified atom stereocenters. The third kappa shape index (κ3) is 2.67. The molecule has 0 atom stereocenters. The Kier molecular flexibility index (Phi) is 3.97. The first-order chi connectivity index (χ1) is 10.3. The first-order valence-electron chi connectivity index (χ1n) is 6.65. The van der Waals surface area contributed by atoms with Gasteiger partial charge in [0, 0.05) is 11.3 Å². The van der Waals surface area contributed by atoms with E-state index in [4.69, 9.17) is 4.74 Å². The van der Waals surface area contributed by atoms with Crippen molar-refractivity contribution >= 4 is 11.8 Å². The number of thioether (sulfide) groups is 1. The van der Waals surface area contributed by atoms with Crippen LogP contribution in [0.2, 0.25) is 0 Å². The van der Waals surface area contributed by atoms with E-state index in [0.717, 1.165) is 27.9 Å². The van der Waals surface area contributed by atoms with Crippen LogP contribution in [-0.4, -0.2) is 22.9 Å². The Morgan fingerprint density at radius 3 is 2.33 bits per heavy atom. The summed E-state index contributed by atoms with van der Waals surface area (Å²) in [4.78, 5) is 4.52. The third-order valence-corrected chi connectivity index (χ3v) is 3.97. The van der Waals surface area contributed by atoms with E-state index in [0.29, 0.717) is 0 Å². The molecule has 0 bridgehead atoms. The van der Waals surface area contributed by atoms with Gasteiger partial charge in [0.2, 0.25) is 0 Å². The highest BCUT2D eigenvalue weighted by Crippen LogP contribution is 2.29. The number of nitrogens with zero attached hydrogens (tertiary/aromatic N) is 2. The van der Waals surface area contributed by atoms with Crippen LogP contribution < -0.4 is 4.74 Å². The fraction of sp³-hybridized carbons (Fsp3) is 0.118. The molecule has 1 aromatic heterocycles. The molecule has 2 aromatic carbocycles. The van der Waals surface area contributed by atoms with Gasteiger partial charge < -0.3 is 4.74 Å². The predicted molar refractivity (Wildman–Crippen MR) is 87.3 cm³/mol. The van der Waals surface area contributed by atoms with Gasteiger partial charge in [-0.1, -0.05) is 30.0 Å². The quantitative estimate of drug-likeness (QED) is 0.673. The lowest BCUT2D eigenvalue weighted by Crippen LogP contribution is -1.98. The lowest BCUT2D eigenvalue weighted by atomic mass is 10.1. The van der Waals surface area contributed by atoms with E-state index in [-0.39, 0.29) is 0 Å². The summed E-state index contributed by atoms with van der Waals surface area (Å²) < 4.78 is 7.39. The maximum absolute atomic E-state index is 5.22. The summed E-state index contributed by atoms with van der Waals surface area (Å²) in [5.74, 6) is 0.856. The van der Waals surface area contributed by atoms with Crippen molar-refractivity contribution in [1.82, 2.24) is 9.55 Å². The molecule has 0 aliphatic heterocycles. The number of imidazole rings is 1. The number of rotatable bonds is 4. The van der Waals surface area contributed by atoms with Gasteiger partial charge in [-0.25, -0.2) is 4.98 Å². The van der Waals surface area contributed by atoms with Crippen molar-refractivity contribution < 1.29 is 4.74 Å². The molecule has 3 nitrogen and oxygen atoms in total. The smallest absolute Gasteiger partial charge is 0.172 e. The minimum Gasteiger partial charge on any atom is -0.497 e. The summed E-state index contributed by atoms with van der Waals surface area (Å²) in [6, 6.07) is 18.3. The molecule has 0 fully saturated rings. The van der Waals surface area contributed by atoms with Crippen molar-refractivity contribution in [1.29, 1.82) is 0 Å². The monoisotopic (exact) mass is 296 g/mol. The summed E-state index contributed by atoms with van der Waals surface area (Å²) in [7, 11) is 1.68. The molecule has 0 N–H and O–H groups in total. The number of para-hydroxylation sites is 1. The average Bonchev–Trinajstić information content (AvgIpc) is 2.99. The van der Waals surface area contributed by atoms with E-state index in [1.54, 1.807) is 18.9 Å². The van der Waals surface area contributed by atoms with E-state index < -0.39 is 0 Å². The average molecular weight is 296 g/mol. The van der Waals surface area contributed by atoms with Crippen LogP contribution in [0.25, 0.3) is 16.9 Å². The molecule has 3 rings (SSSR count). The fourth-order valence-electron chi connectivity index (χ4n) is 2.27. The van der Waals surface area contributed by atoms with Crippen LogP contribution in [0.5, 0.6) is 5.75 Å². The summed E-state index contributed by atoms with van der Waals surface area (Å²) in [6.07, 6.45) is 3.96. The molecule has 0 amide bonds. The van der Waals surface area contributed by atoms with Crippen molar-refractivity contribution in [3.63, 3.8) is 0 Å². The highest BCUT2D eigenvalue weighted by atomic mass is 32.2. The Bertz CT molecular complexity index is 720. The van der Waals surface area contributed by atoms with Gasteiger partial charge in [0.15, 0.2) is 5.16 Å². The molecular formula is C17H16N2OS. The molecule has 0 saturated heterocycles. The van der Waals surface area contributed by atoms with Gasteiger partial charge in [-0.15, -0.1) is 0 Å². The summed E-state index contributed by atoms with van der Waals surface area (Å²) in [5, 5.41) is 0.979. The summed E-state index contributed by atoms with van der Waals surface area (Å²) in [5.41, 5.74) is 3.31. The minimum absolute atomic E-state index is 0.856. The normalized spacial score (nSPS) is 10.6. The number of hydrogen-bond acceptors (Lipinski definition) is 3. The number of ether oxygens (including phenoxy) is 1. The first-order valence-corrected chi connectivity index (χ1v) is 7.87. The zero-order valence-electron chi connectivity index (χ0n) is 12.0. The zero-order chi connectivity index (χ0) is 14.7. The van der Waals surface area contributed by atoms with Crippen molar-refractivity contribution in [2.75, 3.05) is 13.4 Å². The maximum Gasteiger partial charge on any atom is 0.172 e. The molecule has 0 aliphatic carbocycles. The number of aromatic nitrogens is 2. The van der Waals surface area contributed by atoms with Gasteiger partial charge in [-0.2, -0.15) is 0 Å². The van der Waals surface area contributed by atoms with Crippen LogP contribution in [0.15, 0.2) is 66.0 Å². The van der Waals surface area contributed by atoms with Crippen molar-refractivity contribution in [3.05, 3.63) is 60.8 Å². The number of benzene rings is 2. The highest BCUT2D eigenvalue weighted by molar-refractivity contribution is 7.98. The van der Waals surface area contributed by atoms with Crippen molar-refractivity contribution in [2.45, 2.75) is 5.16 Å². The van der Waals surface area contributed by atoms with Crippen LogP contribution in [0, 0.1) is 0 Å². The van der Waals surface area contributed by atoms with Crippen LogP contribution in [0.3, 0.4) is 0 Å². The lowest BCUT2D eigenvalue weighted by molar-refractivity contribution is 0.415. The molecule has 21 heavy (non-hydrogen) atoms. The Morgan fingerprint density at radius 1 is 1.00 bits per heavy atom. The molecule has 106 valence electrons. The number of hydrogen-bond donors (Lipinski definition) is 0. The largest absolute Gasteiger partial charge is 0.497 e. The molecule has 0 saturated carbocycles. The highest BCUT2D eigenvalue weighted by Gasteiger charge is 2.12. The van der Waals surface area contributed by atoms with E-state index >= 15 is 0 Å². The fourth-order valence-corrected chi connectivity index (χ4v) is 2.82. The topological polar surface area (TPSA) is 27.1 Å². The van der Waals surface area contributed by atoms with Gasteiger partial charge in [-0.05, 0) is 42.7 Å². The zero-order valence-corrected chi connectivity index (χ0v) is 12.8. The summed E-state index contributed by atoms with van der Waals surface area (Å²) in [6.45, 7) is 0. The standard InChI is InChI=1S/C17H16N2OS/c1-20-15-10-8-13(9-11-15)16-12-18-17(21-2)19(16)14-6-4-3-5-7-14/h3-12H,1-2H3. The minimum atomic E-state index is 0.856. The first kappa shape index (κ1) is 13.8. The van der Waals surface area contributed by atoms with Gasteiger partial charge in [0.1, 0.15) is 5.75 Å². The van der Waals surface area contributed by atoms with Crippen LogP contribution in [0.1, 0.15) is 0 Å². The van der Waals surface area contributed by atoms with Crippen LogP contribution in [0.4, 0.5) is 0 Å². The van der Waals surface area contributed by atoms with E-state index in [1.807, 2.05) is 42.8 Å². The molecule has 0 aliphatic rings. The van der Waals surface area contributed by atoms with E-state index in [2.05, 4.69) is 33.8 Å². The van der Waals surface area contributed by atoms with Gasteiger partial charge >= 0.3 is 0 Å². The van der Waals surface area contributed by atoms with Crippen LogP contribution in [-0.2, 0) is 0 Å². The number of methoxy groups -OCH3 is 1. The Morgan fingerprint density at radius 2 is 1.71 bits per heavy atom. The van der Waals surface area contributed by atoms with E-state index in [1.165, 1.54) is 0 Å². The Hall–Kier alpha value is -2.20. The third-order valence-electron chi connectivity index (χ3n) is 3.31. The molecule has 0 radical (unpaired) electrons. The van der Waals surface area contributed by atoms with Crippen molar-refractivity contribution in [2.24, 2.45) is 0 Å². The second kappa shape index (κ2) is 6.06. The SMILES string of the molecule is COc1ccc(-c2cnc(SC)n2-c2ccccc2)cc1. The lowest BCUT2D eigenvalue weighted by Gasteiger charge is -2.11. The second-order valence-electron chi connectivity index (χ2n) is 4.53. The molecule has 0 spiro atoms. The van der Waals surface area contributed by atoms with Crippen LogP contribution >= 0.6 is 11.8 Å². The van der Waals surface area contributed by atoms with E-state index in [9.17, 15) is 0 Å². The Balaban J connectivity index is 2.12. The summed E-state index contributed by atoms with van der Waals surface area (Å²) >= 11 is 1.64. The van der Waals surface area contributed by atoms with Gasteiger partial charge in [0.05, 0.1) is 19.0 Å². The predicted octanol–water partition coefficient (Wildman–Crippen LogP) is 4.27. The van der Waals surface area contributed by atoms with Gasteiger partial charge in [-0.3, -0.25) is 4.57 Å². The molecule has 1 heterocycles. The van der Waals surface area contributed by atoms with Crippen molar-refractivity contribution in [3.8, 4) is 22.7 Å².